The van der Waals surface area contributed by atoms with Crippen molar-refractivity contribution < 1.29 is 28.2 Å². The molecule has 9 heteroatoms. The number of carbonyl (C=O) groups is 3. The average Bonchev–Trinajstić information content (AvgIpc) is 2.91. The highest BCUT2D eigenvalue weighted by molar-refractivity contribution is 9.10. The number of carbonyl (C=O) groups excluding carboxylic acids is 3. The van der Waals surface area contributed by atoms with E-state index in [1.165, 1.54) is 12.1 Å². The van der Waals surface area contributed by atoms with Crippen molar-refractivity contribution in [2.45, 2.75) is 73.1 Å². The molecule has 0 aromatic heterocycles. The number of hydrogen-bond acceptors (Lipinski definition) is 6. The van der Waals surface area contributed by atoms with Crippen LogP contribution in [-0.2, 0) is 14.4 Å². The van der Waals surface area contributed by atoms with Crippen molar-refractivity contribution in [3.05, 3.63) is 74.8 Å². The highest BCUT2D eigenvalue weighted by atomic mass is 79.9. The van der Waals surface area contributed by atoms with Crippen LogP contribution in [0.2, 0.25) is 0 Å². The monoisotopic (exact) mass is 666 g/mol. The minimum Gasteiger partial charge on any atom is -0.490 e. The molecule has 2 aliphatic carbocycles. The van der Waals surface area contributed by atoms with E-state index in [1.807, 2.05) is 19.1 Å². The molecule has 1 aliphatic heterocycles. The van der Waals surface area contributed by atoms with Crippen LogP contribution in [0.3, 0.4) is 0 Å². The number of Topliss-reactive ketones (excluding diaryl/α,β-unsaturated/α-hetero) is 2. The first-order valence-corrected chi connectivity index (χ1v) is 16.0. The number of rotatable bonds is 8. The standard InChI is InChI=1S/C35H40BrFN2O5/c1-7-39-24-15-34(3,4)17-26(40)31(24)30(32-25(39)16-35(5,6)18-27(32)41)20-13-21(36)33(28(14-20)43-8-2)44-19-29(42)38-23-12-10-9-11-22(23)37/h9-14,30H,7-8,15-19H2,1-6H3,(H,38,42). The van der Waals surface area contributed by atoms with Gasteiger partial charge in [0.05, 0.1) is 16.8 Å². The van der Waals surface area contributed by atoms with E-state index >= 15 is 0 Å². The van der Waals surface area contributed by atoms with Crippen molar-refractivity contribution in [2.24, 2.45) is 10.8 Å². The van der Waals surface area contributed by atoms with E-state index in [-0.39, 0.29) is 34.7 Å². The molecule has 1 N–H and O–H groups in total. The van der Waals surface area contributed by atoms with Crippen LogP contribution in [0.5, 0.6) is 11.5 Å². The molecule has 0 saturated carbocycles. The second-order valence-electron chi connectivity index (χ2n) is 13.4. The van der Waals surface area contributed by atoms with E-state index < -0.39 is 17.6 Å². The molecule has 234 valence electrons. The molecule has 2 aromatic rings. The Kier molecular flexibility index (Phi) is 8.82. The maximum absolute atomic E-state index is 14.0. The predicted octanol–water partition coefficient (Wildman–Crippen LogP) is 7.71. The summed E-state index contributed by atoms with van der Waals surface area (Å²) >= 11 is 3.62. The first kappa shape index (κ1) is 31.9. The van der Waals surface area contributed by atoms with Crippen molar-refractivity contribution in [1.82, 2.24) is 4.90 Å². The summed E-state index contributed by atoms with van der Waals surface area (Å²) in [4.78, 5) is 42.8. The second-order valence-corrected chi connectivity index (χ2v) is 14.2. The summed E-state index contributed by atoms with van der Waals surface area (Å²) in [5.41, 5.74) is 3.80. The van der Waals surface area contributed by atoms with E-state index in [4.69, 9.17) is 9.47 Å². The Balaban J connectivity index is 1.57. The number of amides is 1. The van der Waals surface area contributed by atoms with Gasteiger partial charge in [-0.3, -0.25) is 14.4 Å². The second kappa shape index (κ2) is 12.1. The molecule has 1 amide bonds. The van der Waals surface area contributed by atoms with Gasteiger partial charge in [-0.2, -0.15) is 0 Å². The number of anilines is 1. The van der Waals surface area contributed by atoms with Crippen molar-refractivity contribution in [2.75, 3.05) is 25.1 Å². The zero-order valence-corrected chi connectivity index (χ0v) is 27.8. The Morgan fingerprint density at radius 2 is 1.55 bits per heavy atom. The number of allylic oxidation sites excluding steroid dienone is 4. The van der Waals surface area contributed by atoms with Crippen LogP contribution in [0, 0.1) is 16.6 Å². The first-order valence-electron chi connectivity index (χ1n) is 15.2. The molecule has 0 spiro atoms. The molecule has 0 radical (unpaired) electrons. The van der Waals surface area contributed by atoms with Crippen LogP contribution in [0.4, 0.5) is 10.1 Å². The van der Waals surface area contributed by atoms with E-state index in [9.17, 15) is 18.8 Å². The summed E-state index contributed by atoms with van der Waals surface area (Å²) in [5, 5.41) is 2.52. The van der Waals surface area contributed by atoms with E-state index in [2.05, 4.69) is 60.8 Å². The van der Waals surface area contributed by atoms with E-state index in [1.54, 1.807) is 12.1 Å². The topological polar surface area (TPSA) is 84.9 Å². The Bertz CT molecular complexity index is 1540. The van der Waals surface area contributed by atoms with Gasteiger partial charge in [-0.25, -0.2) is 4.39 Å². The molecule has 3 aliphatic rings. The van der Waals surface area contributed by atoms with Gasteiger partial charge in [0.1, 0.15) is 5.82 Å². The van der Waals surface area contributed by atoms with Crippen molar-refractivity contribution in [1.29, 1.82) is 0 Å². The van der Waals surface area contributed by atoms with Crippen LogP contribution in [-0.4, -0.2) is 42.1 Å². The van der Waals surface area contributed by atoms with Crippen molar-refractivity contribution in [3.8, 4) is 11.5 Å². The number of halogens is 2. The zero-order valence-electron chi connectivity index (χ0n) is 26.2. The maximum atomic E-state index is 14.0. The molecular weight excluding hydrogens is 627 g/mol. The van der Waals surface area contributed by atoms with Gasteiger partial charge in [0.15, 0.2) is 29.7 Å². The quantitative estimate of drug-likeness (QED) is 0.311. The average molecular weight is 668 g/mol. The molecule has 44 heavy (non-hydrogen) atoms. The molecule has 0 unspecified atom stereocenters. The van der Waals surface area contributed by atoms with Crippen LogP contribution in [0.15, 0.2) is 63.4 Å². The molecule has 0 fully saturated rings. The lowest BCUT2D eigenvalue weighted by molar-refractivity contribution is -0.120. The smallest absolute Gasteiger partial charge is 0.262 e. The van der Waals surface area contributed by atoms with Crippen LogP contribution < -0.4 is 14.8 Å². The van der Waals surface area contributed by atoms with Crippen molar-refractivity contribution in [3.63, 3.8) is 0 Å². The molecule has 0 bridgehead atoms. The fraction of sp³-hybridized carbons (Fsp3) is 0.457. The van der Waals surface area contributed by atoms with Gasteiger partial charge < -0.3 is 19.7 Å². The molecule has 7 nitrogen and oxygen atoms in total. The number of benzene rings is 2. The third kappa shape index (κ3) is 6.21. The zero-order chi connectivity index (χ0) is 32.0. The van der Waals surface area contributed by atoms with Crippen LogP contribution in [0.1, 0.15) is 78.7 Å². The number of para-hydroxylation sites is 1. The highest BCUT2D eigenvalue weighted by Gasteiger charge is 2.48. The maximum Gasteiger partial charge on any atom is 0.262 e. The Morgan fingerprint density at radius 1 is 0.955 bits per heavy atom. The molecular formula is C35H40BrFN2O5. The number of ketones is 2. The fourth-order valence-electron chi connectivity index (χ4n) is 6.81. The molecule has 0 atom stereocenters. The minimum atomic E-state index is -0.542. The lowest BCUT2D eigenvalue weighted by Gasteiger charge is -2.49. The summed E-state index contributed by atoms with van der Waals surface area (Å²) in [5.74, 6) is -0.809. The summed E-state index contributed by atoms with van der Waals surface area (Å²) in [6.07, 6.45) is 2.28. The summed E-state index contributed by atoms with van der Waals surface area (Å²) in [6, 6.07) is 9.59. The van der Waals surface area contributed by atoms with Gasteiger partial charge in [-0.15, -0.1) is 0 Å². The molecule has 5 rings (SSSR count). The summed E-state index contributed by atoms with van der Waals surface area (Å²) in [7, 11) is 0. The van der Waals surface area contributed by atoms with Gasteiger partial charge in [-0.05, 0) is 83.3 Å². The lowest BCUT2D eigenvalue weighted by atomic mass is 9.63. The normalized spacial score (nSPS) is 19.5. The predicted molar refractivity (Wildman–Crippen MR) is 171 cm³/mol. The largest absolute Gasteiger partial charge is 0.490 e. The molecule has 2 aromatic carbocycles. The van der Waals surface area contributed by atoms with Crippen LogP contribution in [0.25, 0.3) is 0 Å². The third-order valence-electron chi connectivity index (χ3n) is 8.50. The fourth-order valence-corrected chi connectivity index (χ4v) is 7.38. The van der Waals surface area contributed by atoms with Gasteiger partial charge in [-0.1, -0.05) is 39.8 Å². The number of nitrogens with one attached hydrogen (secondary N) is 1. The number of nitrogens with zero attached hydrogens (tertiary/aromatic N) is 1. The van der Waals surface area contributed by atoms with E-state index in [0.29, 0.717) is 53.1 Å². The SMILES string of the molecule is CCOc1cc(C2C3=C(CC(C)(C)CC3=O)N(CC)C3=C2C(=O)CC(C)(C)C3)cc(Br)c1OCC(=O)Nc1ccccc1F. The first-order chi connectivity index (χ1) is 20.7. The van der Waals surface area contributed by atoms with Crippen molar-refractivity contribution >= 4 is 39.1 Å². The third-order valence-corrected chi connectivity index (χ3v) is 9.09. The van der Waals surface area contributed by atoms with Gasteiger partial charge in [0, 0.05) is 47.8 Å². The molecule has 0 saturated heterocycles. The van der Waals surface area contributed by atoms with Crippen LogP contribution >= 0.6 is 15.9 Å². The minimum absolute atomic E-state index is 0.0584. The van der Waals surface area contributed by atoms with Gasteiger partial charge in [0.25, 0.3) is 5.91 Å². The molecule has 1 heterocycles. The Labute approximate surface area is 267 Å². The number of hydrogen-bond donors (Lipinski definition) is 1. The number of ether oxygens (including phenoxy) is 2. The summed E-state index contributed by atoms with van der Waals surface area (Å²) in [6.45, 7) is 13.0. The summed E-state index contributed by atoms with van der Waals surface area (Å²) < 4.78 is 26.5. The Hall–Kier alpha value is -3.46. The van der Waals surface area contributed by atoms with Gasteiger partial charge in [0.2, 0.25) is 0 Å². The van der Waals surface area contributed by atoms with Gasteiger partial charge >= 0.3 is 0 Å². The lowest BCUT2D eigenvalue weighted by Crippen LogP contribution is -2.44. The Morgan fingerprint density at radius 3 is 2.09 bits per heavy atom. The highest BCUT2D eigenvalue weighted by Crippen LogP contribution is 2.55. The van der Waals surface area contributed by atoms with E-state index in [0.717, 1.165) is 29.8 Å².